The third-order valence-electron chi connectivity index (χ3n) is 2.56. The van der Waals surface area contributed by atoms with E-state index in [9.17, 15) is 0 Å². The maximum atomic E-state index is 8.74. The molecule has 2 rings (SSSR count). The number of hydrogen-bond acceptors (Lipinski definition) is 3. The third-order valence-corrected chi connectivity index (χ3v) is 2.88. The van der Waals surface area contributed by atoms with E-state index >= 15 is 0 Å². The van der Waals surface area contributed by atoms with Crippen molar-refractivity contribution in [2.24, 2.45) is 7.05 Å². The first kappa shape index (κ1) is 12.5. The fraction of sp³-hybridized carbons (Fsp3) is 0.231. The van der Waals surface area contributed by atoms with Crippen molar-refractivity contribution in [3.8, 4) is 6.07 Å². The highest BCUT2D eigenvalue weighted by Gasteiger charge is 2.02. The molecule has 0 spiro atoms. The minimum absolute atomic E-state index is 0.565. The first-order valence-corrected chi connectivity index (χ1v) is 5.99. The maximum absolute atomic E-state index is 8.74. The van der Waals surface area contributed by atoms with Crippen LogP contribution in [0.1, 0.15) is 11.3 Å². The van der Waals surface area contributed by atoms with E-state index in [1.807, 2.05) is 25.4 Å². The lowest BCUT2D eigenvalue weighted by molar-refractivity contribution is 0.742. The number of nitrogens with one attached hydrogen (secondary N) is 1. The molecule has 0 atom stereocenters. The summed E-state index contributed by atoms with van der Waals surface area (Å²) in [5.74, 6) is 0. The van der Waals surface area contributed by atoms with Crippen LogP contribution in [0, 0.1) is 11.3 Å². The van der Waals surface area contributed by atoms with Gasteiger partial charge in [0.25, 0.3) is 0 Å². The molecule has 92 valence electrons. The highest BCUT2D eigenvalue weighted by atomic mass is 35.5. The number of nitrogens with zero attached hydrogens (tertiary/aromatic N) is 3. The molecule has 0 saturated heterocycles. The van der Waals surface area contributed by atoms with Crippen LogP contribution in [0.2, 0.25) is 5.02 Å². The number of hydrogen-bond donors (Lipinski definition) is 1. The van der Waals surface area contributed by atoms with Crippen LogP contribution in [-0.4, -0.2) is 16.3 Å². The van der Waals surface area contributed by atoms with Crippen molar-refractivity contribution >= 4 is 17.3 Å². The van der Waals surface area contributed by atoms with Crippen molar-refractivity contribution in [1.82, 2.24) is 9.78 Å². The third kappa shape index (κ3) is 3.02. The number of rotatable bonds is 4. The predicted octanol–water partition coefficient (Wildman–Crippen LogP) is 2.60. The summed E-state index contributed by atoms with van der Waals surface area (Å²) in [6.45, 7) is 0.753. The summed E-state index contributed by atoms with van der Waals surface area (Å²) in [6, 6.07) is 9.26. The van der Waals surface area contributed by atoms with Crippen LogP contribution in [0.3, 0.4) is 0 Å². The molecule has 4 nitrogen and oxygen atoms in total. The minimum Gasteiger partial charge on any atom is -0.383 e. The van der Waals surface area contributed by atoms with Crippen molar-refractivity contribution in [2.45, 2.75) is 6.42 Å². The van der Waals surface area contributed by atoms with Gasteiger partial charge in [-0.05, 0) is 24.3 Å². The zero-order chi connectivity index (χ0) is 13.0. The highest BCUT2D eigenvalue weighted by molar-refractivity contribution is 6.33. The van der Waals surface area contributed by atoms with E-state index in [0.717, 1.165) is 24.3 Å². The minimum atomic E-state index is 0.565. The number of benzene rings is 1. The molecule has 0 aliphatic carbocycles. The molecule has 18 heavy (non-hydrogen) atoms. The smallest absolute Gasteiger partial charge is 0.0992 e. The van der Waals surface area contributed by atoms with E-state index in [0.29, 0.717) is 10.6 Å². The molecule has 0 aliphatic rings. The van der Waals surface area contributed by atoms with Crippen LogP contribution in [-0.2, 0) is 13.5 Å². The van der Waals surface area contributed by atoms with Crippen molar-refractivity contribution in [1.29, 1.82) is 5.26 Å². The molecule has 0 fully saturated rings. The Labute approximate surface area is 111 Å². The summed E-state index contributed by atoms with van der Waals surface area (Å²) >= 11 is 6.06. The normalized spacial score (nSPS) is 10.1. The summed E-state index contributed by atoms with van der Waals surface area (Å²) in [7, 11) is 1.90. The average Bonchev–Trinajstić information content (AvgIpc) is 2.77. The first-order chi connectivity index (χ1) is 8.69. The summed E-state index contributed by atoms with van der Waals surface area (Å²) in [5, 5.41) is 16.8. The topological polar surface area (TPSA) is 53.6 Å². The van der Waals surface area contributed by atoms with E-state index in [1.54, 1.807) is 16.8 Å². The van der Waals surface area contributed by atoms with Gasteiger partial charge in [-0.15, -0.1) is 0 Å². The van der Waals surface area contributed by atoms with Gasteiger partial charge in [0, 0.05) is 26.2 Å². The number of nitriles is 1. The Balaban J connectivity index is 1.92. The molecule has 2 aromatic rings. The van der Waals surface area contributed by atoms with Crippen LogP contribution >= 0.6 is 11.6 Å². The second-order valence-corrected chi connectivity index (χ2v) is 4.37. The molecule has 1 heterocycles. The summed E-state index contributed by atoms with van der Waals surface area (Å²) < 4.78 is 1.78. The highest BCUT2D eigenvalue weighted by Crippen LogP contribution is 2.22. The fourth-order valence-electron chi connectivity index (χ4n) is 1.65. The lowest BCUT2D eigenvalue weighted by Gasteiger charge is -2.07. The first-order valence-electron chi connectivity index (χ1n) is 5.61. The molecule has 0 amide bonds. The predicted molar refractivity (Wildman–Crippen MR) is 71.6 cm³/mol. The molecule has 5 heteroatoms. The van der Waals surface area contributed by atoms with Crippen LogP contribution < -0.4 is 5.32 Å². The van der Waals surface area contributed by atoms with Gasteiger partial charge in [0.2, 0.25) is 0 Å². The molecule has 0 bridgehead atoms. The van der Waals surface area contributed by atoms with E-state index in [1.165, 1.54) is 0 Å². The van der Waals surface area contributed by atoms with Gasteiger partial charge in [-0.2, -0.15) is 10.4 Å². The van der Waals surface area contributed by atoms with Crippen LogP contribution in [0.4, 0.5) is 5.69 Å². The molecule has 1 aromatic carbocycles. The summed E-state index contributed by atoms with van der Waals surface area (Å²) in [5.41, 5.74) is 2.44. The second-order valence-electron chi connectivity index (χ2n) is 3.96. The van der Waals surface area contributed by atoms with Gasteiger partial charge >= 0.3 is 0 Å². The standard InChI is InChI=1S/C13H13ClN4/c1-18-7-5-11(17-18)4-6-16-13-3-2-10(9-15)8-12(13)14/h2-3,5,7-8,16H,4,6H2,1H3. The van der Waals surface area contributed by atoms with Gasteiger partial charge in [-0.25, -0.2) is 0 Å². The van der Waals surface area contributed by atoms with E-state index < -0.39 is 0 Å². The van der Waals surface area contributed by atoms with Crippen molar-refractivity contribution in [3.05, 3.63) is 46.7 Å². The Morgan fingerprint density at radius 3 is 2.89 bits per heavy atom. The van der Waals surface area contributed by atoms with Crippen LogP contribution in [0.5, 0.6) is 0 Å². The molecule has 0 unspecified atom stereocenters. The maximum Gasteiger partial charge on any atom is 0.0992 e. The number of aromatic nitrogens is 2. The van der Waals surface area contributed by atoms with Gasteiger partial charge in [0.1, 0.15) is 0 Å². The van der Waals surface area contributed by atoms with E-state index in [-0.39, 0.29) is 0 Å². The van der Waals surface area contributed by atoms with Gasteiger partial charge < -0.3 is 5.32 Å². The molecule has 0 radical (unpaired) electrons. The van der Waals surface area contributed by atoms with Crippen molar-refractivity contribution in [3.63, 3.8) is 0 Å². The Morgan fingerprint density at radius 2 is 2.28 bits per heavy atom. The zero-order valence-electron chi connectivity index (χ0n) is 10.0. The summed E-state index contributed by atoms with van der Waals surface area (Å²) in [4.78, 5) is 0. The van der Waals surface area contributed by atoms with Gasteiger partial charge in [0.05, 0.1) is 28.0 Å². The zero-order valence-corrected chi connectivity index (χ0v) is 10.8. The lowest BCUT2D eigenvalue weighted by Crippen LogP contribution is -2.06. The molecule has 0 aliphatic heterocycles. The lowest BCUT2D eigenvalue weighted by atomic mass is 10.2. The monoisotopic (exact) mass is 260 g/mol. The van der Waals surface area contributed by atoms with Crippen molar-refractivity contribution < 1.29 is 0 Å². The van der Waals surface area contributed by atoms with Gasteiger partial charge in [0.15, 0.2) is 0 Å². The molecule has 0 saturated carbocycles. The van der Waals surface area contributed by atoms with E-state index in [2.05, 4.69) is 16.5 Å². The van der Waals surface area contributed by atoms with E-state index in [4.69, 9.17) is 16.9 Å². The number of aryl methyl sites for hydroxylation is 1. The van der Waals surface area contributed by atoms with Gasteiger partial charge in [-0.3, -0.25) is 4.68 Å². The summed E-state index contributed by atoms with van der Waals surface area (Å²) in [6.07, 6.45) is 2.75. The Kier molecular flexibility index (Phi) is 3.85. The quantitative estimate of drug-likeness (QED) is 0.919. The molecule has 1 N–H and O–H groups in total. The SMILES string of the molecule is Cn1ccc(CCNc2ccc(C#N)cc2Cl)n1. The Hall–Kier alpha value is -1.99. The molecular formula is C13H13ClN4. The number of halogens is 1. The molecule has 1 aromatic heterocycles. The number of anilines is 1. The Bertz CT molecular complexity index is 583. The second kappa shape index (κ2) is 5.56. The van der Waals surface area contributed by atoms with Gasteiger partial charge in [-0.1, -0.05) is 11.6 Å². The van der Waals surface area contributed by atoms with Crippen LogP contribution in [0.25, 0.3) is 0 Å². The Morgan fingerprint density at radius 1 is 1.44 bits per heavy atom. The van der Waals surface area contributed by atoms with Crippen molar-refractivity contribution in [2.75, 3.05) is 11.9 Å². The fourth-order valence-corrected chi connectivity index (χ4v) is 1.90. The molecular weight excluding hydrogens is 248 g/mol. The average molecular weight is 261 g/mol. The van der Waals surface area contributed by atoms with Crippen LogP contribution in [0.15, 0.2) is 30.5 Å². The largest absolute Gasteiger partial charge is 0.383 e.